The van der Waals surface area contributed by atoms with Crippen LogP contribution in [0, 0.1) is 0 Å². The molecule has 1 heterocycles. The molecule has 2 rings (SSSR count). The molecule has 0 saturated heterocycles. The Balaban J connectivity index is 1.94. The van der Waals surface area contributed by atoms with E-state index in [1.807, 2.05) is 30.5 Å². The van der Waals surface area contributed by atoms with Crippen molar-refractivity contribution < 1.29 is 4.74 Å². The molecule has 1 aromatic carbocycles. The maximum Gasteiger partial charge on any atom is 0.119 e. The molecule has 0 aliphatic carbocycles. The predicted octanol–water partition coefficient (Wildman–Crippen LogP) is 3.40. The molecule has 0 radical (unpaired) electrons. The average Bonchev–Trinajstić information content (AvgIpc) is 2.73. The summed E-state index contributed by atoms with van der Waals surface area (Å²) in [5.74, 6) is 0.870. The molecule has 0 saturated carbocycles. The fourth-order valence-electron chi connectivity index (χ4n) is 1.42. The molecule has 0 fully saturated rings. The zero-order valence-electron chi connectivity index (χ0n) is 8.96. The number of anilines is 1. The van der Waals surface area contributed by atoms with Crippen LogP contribution in [0.1, 0.15) is 5.56 Å². The standard InChI is InChI=1S/C12H13BrN2O/c1-16-11-4-2-10(3-5-11)14-7-9-6-12(13)15-8-9/h2-6,8,14-15H,7H2,1H3. The molecule has 2 N–H and O–H groups in total. The maximum atomic E-state index is 5.10. The number of H-pyrrole nitrogens is 1. The van der Waals surface area contributed by atoms with E-state index in [0.29, 0.717) is 0 Å². The van der Waals surface area contributed by atoms with Gasteiger partial charge in [0.1, 0.15) is 5.75 Å². The Hall–Kier alpha value is -1.42. The first-order valence-corrected chi connectivity index (χ1v) is 5.78. The third-order valence-electron chi connectivity index (χ3n) is 2.29. The number of aromatic nitrogens is 1. The highest BCUT2D eigenvalue weighted by atomic mass is 79.9. The van der Waals surface area contributed by atoms with Crippen LogP contribution in [0.5, 0.6) is 5.75 Å². The summed E-state index contributed by atoms with van der Waals surface area (Å²) in [4.78, 5) is 3.08. The van der Waals surface area contributed by atoms with E-state index in [1.54, 1.807) is 7.11 Å². The molecule has 0 amide bonds. The number of halogens is 1. The molecular weight excluding hydrogens is 268 g/mol. The van der Waals surface area contributed by atoms with Crippen molar-refractivity contribution in [2.24, 2.45) is 0 Å². The lowest BCUT2D eigenvalue weighted by atomic mass is 10.3. The van der Waals surface area contributed by atoms with E-state index < -0.39 is 0 Å². The minimum Gasteiger partial charge on any atom is -0.497 e. The summed E-state index contributed by atoms with van der Waals surface area (Å²) in [5, 5.41) is 3.33. The summed E-state index contributed by atoms with van der Waals surface area (Å²) in [6.07, 6.45) is 1.97. The van der Waals surface area contributed by atoms with E-state index in [4.69, 9.17) is 4.74 Å². The number of ether oxygens (including phenoxy) is 1. The van der Waals surface area contributed by atoms with E-state index >= 15 is 0 Å². The second-order valence-corrected chi connectivity index (χ2v) is 4.29. The number of nitrogens with one attached hydrogen (secondary N) is 2. The second-order valence-electron chi connectivity index (χ2n) is 3.44. The Morgan fingerprint density at radius 3 is 2.62 bits per heavy atom. The van der Waals surface area contributed by atoms with Gasteiger partial charge in [0.15, 0.2) is 0 Å². The highest BCUT2D eigenvalue weighted by molar-refractivity contribution is 9.10. The van der Waals surface area contributed by atoms with Crippen LogP contribution in [-0.4, -0.2) is 12.1 Å². The van der Waals surface area contributed by atoms with Crippen LogP contribution in [-0.2, 0) is 6.54 Å². The molecule has 16 heavy (non-hydrogen) atoms. The Kier molecular flexibility index (Phi) is 3.51. The van der Waals surface area contributed by atoms with Crippen molar-refractivity contribution in [1.29, 1.82) is 0 Å². The number of methoxy groups -OCH3 is 1. The highest BCUT2D eigenvalue weighted by Gasteiger charge is 1.97. The first-order chi connectivity index (χ1) is 7.78. The highest BCUT2D eigenvalue weighted by Crippen LogP contribution is 2.16. The molecule has 0 atom stereocenters. The minimum atomic E-state index is 0.800. The zero-order valence-corrected chi connectivity index (χ0v) is 10.5. The summed E-state index contributed by atoms with van der Waals surface area (Å²) >= 11 is 3.38. The molecule has 0 unspecified atom stereocenters. The summed E-state index contributed by atoms with van der Waals surface area (Å²) in [6, 6.07) is 9.93. The molecule has 4 heteroatoms. The van der Waals surface area contributed by atoms with Gasteiger partial charge in [-0.1, -0.05) is 0 Å². The van der Waals surface area contributed by atoms with Gasteiger partial charge in [-0.05, 0) is 51.8 Å². The third kappa shape index (κ3) is 2.79. The van der Waals surface area contributed by atoms with Crippen molar-refractivity contribution in [1.82, 2.24) is 4.98 Å². The van der Waals surface area contributed by atoms with Gasteiger partial charge in [0.25, 0.3) is 0 Å². The van der Waals surface area contributed by atoms with Crippen LogP contribution in [0.25, 0.3) is 0 Å². The lowest BCUT2D eigenvalue weighted by molar-refractivity contribution is 0.415. The zero-order chi connectivity index (χ0) is 11.4. The fraction of sp³-hybridized carbons (Fsp3) is 0.167. The Labute approximate surface area is 103 Å². The lowest BCUT2D eigenvalue weighted by Gasteiger charge is -2.05. The largest absolute Gasteiger partial charge is 0.497 e. The second kappa shape index (κ2) is 5.07. The van der Waals surface area contributed by atoms with E-state index in [-0.39, 0.29) is 0 Å². The number of aromatic amines is 1. The van der Waals surface area contributed by atoms with Crippen molar-refractivity contribution in [3.8, 4) is 5.75 Å². The summed E-state index contributed by atoms with van der Waals surface area (Å²) in [6.45, 7) is 0.800. The summed E-state index contributed by atoms with van der Waals surface area (Å²) in [7, 11) is 1.67. The predicted molar refractivity (Wildman–Crippen MR) is 68.8 cm³/mol. The van der Waals surface area contributed by atoms with Crippen molar-refractivity contribution >= 4 is 21.6 Å². The van der Waals surface area contributed by atoms with Crippen molar-refractivity contribution in [2.75, 3.05) is 12.4 Å². The van der Waals surface area contributed by atoms with Gasteiger partial charge in [-0.15, -0.1) is 0 Å². The average molecular weight is 281 g/mol. The van der Waals surface area contributed by atoms with Crippen LogP contribution in [0.2, 0.25) is 0 Å². The topological polar surface area (TPSA) is 37.0 Å². The van der Waals surface area contributed by atoms with E-state index in [1.165, 1.54) is 5.56 Å². The first-order valence-electron chi connectivity index (χ1n) is 4.98. The summed E-state index contributed by atoms with van der Waals surface area (Å²) < 4.78 is 6.10. The van der Waals surface area contributed by atoms with Crippen LogP contribution in [0.3, 0.4) is 0 Å². The number of rotatable bonds is 4. The smallest absolute Gasteiger partial charge is 0.119 e. The molecule has 0 aliphatic heterocycles. The van der Waals surface area contributed by atoms with Gasteiger partial charge >= 0.3 is 0 Å². The normalized spacial score (nSPS) is 10.1. The minimum absolute atomic E-state index is 0.800. The monoisotopic (exact) mass is 280 g/mol. The molecule has 0 aliphatic rings. The van der Waals surface area contributed by atoms with Gasteiger partial charge in [-0.3, -0.25) is 0 Å². The fourth-order valence-corrected chi connectivity index (χ4v) is 1.83. The van der Waals surface area contributed by atoms with Crippen molar-refractivity contribution in [3.05, 3.63) is 46.7 Å². The maximum absolute atomic E-state index is 5.10. The molecular formula is C12H13BrN2O. The summed E-state index contributed by atoms with van der Waals surface area (Å²) in [5.41, 5.74) is 2.29. The van der Waals surface area contributed by atoms with E-state index in [9.17, 15) is 0 Å². The molecule has 2 aromatic rings. The molecule has 1 aromatic heterocycles. The van der Waals surface area contributed by atoms with Crippen LogP contribution >= 0.6 is 15.9 Å². The van der Waals surface area contributed by atoms with Crippen LogP contribution in [0.15, 0.2) is 41.1 Å². The number of hydrogen-bond donors (Lipinski definition) is 2. The van der Waals surface area contributed by atoms with Crippen LogP contribution in [0.4, 0.5) is 5.69 Å². The van der Waals surface area contributed by atoms with Gasteiger partial charge < -0.3 is 15.0 Å². The van der Waals surface area contributed by atoms with Gasteiger partial charge in [0, 0.05) is 18.4 Å². The lowest BCUT2D eigenvalue weighted by Crippen LogP contribution is -1.97. The number of hydrogen-bond acceptors (Lipinski definition) is 2. The molecule has 0 spiro atoms. The van der Waals surface area contributed by atoms with Gasteiger partial charge in [-0.2, -0.15) is 0 Å². The van der Waals surface area contributed by atoms with E-state index in [2.05, 4.69) is 32.3 Å². The van der Waals surface area contributed by atoms with Gasteiger partial charge in [-0.25, -0.2) is 0 Å². The molecule has 84 valence electrons. The van der Waals surface area contributed by atoms with Gasteiger partial charge in [0.05, 0.1) is 11.7 Å². The first kappa shape index (κ1) is 11.1. The quantitative estimate of drug-likeness (QED) is 0.901. The SMILES string of the molecule is COc1ccc(NCc2c[nH]c(Br)c2)cc1. The Bertz CT molecular complexity index is 450. The van der Waals surface area contributed by atoms with Gasteiger partial charge in [0.2, 0.25) is 0 Å². The Morgan fingerprint density at radius 1 is 1.31 bits per heavy atom. The third-order valence-corrected chi connectivity index (χ3v) is 2.75. The van der Waals surface area contributed by atoms with E-state index in [0.717, 1.165) is 22.6 Å². The Morgan fingerprint density at radius 2 is 2.06 bits per heavy atom. The van der Waals surface area contributed by atoms with Crippen molar-refractivity contribution in [2.45, 2.75) is 6.54 Å². The van der Waals surface area contributed by atoms with Crippen LogP contribution < -0.4 is 10.1 Å². The number of benzene rings is 1. The molecule has 0 bridgehead atoms. The molecule has 3 nitrogen and oxygen atoms in total. The van der Waals surface area contributed by atoms with Crippen molar-refractivity contribution in [3.63, 3.8) is 0 Å².